The van der Waals surface area contributed by atoms with Gasteiger partial charge in [0, 0.05) is 6.54 Å². The van der Waals surface area contributed by atoms with E-state index in [1.807, 2.05) is 4.90 Å². The van der Waals surface area contributed by atoms with Crippen molar-refractivity contribution in [2.24, 2.45) is 0 Å². The van der Waals surface area contributed by atoms with E-state index in [1.165, 1.54) is 12.1 Å². The van der Waals surface area contributed by atoms with Gasteiger partial charge in [-0.3, -0.25) is 4.79 Å². The van der Waals surface area contributed by atoms with Crippen LogP contribution in [0.15, 0.2) is 36.4 Å². The molecule has 5 nitrogen and oxygen atoms in total. The standard InChI is InChI=1S/C21H24FNO4/c1-25-18-11-14(12-19(26-2)21(18)27-3)13-20(24)23-10-4-5-17(23)15-6-8-16(22)9-7-15/h6-9,11-12,17H,4-5,10,13H2,1-3H3. The molecule has 0 bridgehead atoms. The highest BCUT2D eigenvalue weighted by molar-refractivity contribution is 5.80. The normalized spacial score (nSPS) is 16.3. The van der Waals surface area contributed by atoms with Crippen LogP contribution in [0.4, 0.5) is 4.39 Å². The third-order valence-corrected chi connectivity index (χ3v) is 4.91. The first-order valence-electron chi connectivity index (χ1n) is 8.91. The lowest BCUT2D eigenvalue weighted by Crippen LogP contribution is -2.31. The molecule has 0 radical (unpaired) electrons. The number of methoxy groups -OCH3 is 3. The summed E-state index contributed by atoms with van der Waals surface area (Å²) in [4.78, 5) is 14.8. The summed E-state index contributed by atoms with van der Waals surface area (Å²) in [6.45, 7) is 0.700. The van der Waals surface area contributed by atoms with Crippen LogP contribution in [0.5, 0.6) is 17.2 Å². The summed E-state index contributed by atoms with van der Waals surface area (Å²) < 4.78 is 29.3. The molecule has 1 saturated heterocycles. The lowest BCUT2D eigenvalue weighted by Gasteiger charge is -2.25. The smallest absolute Gasteiger partial charge is 0.227 e. The van der Waals surface area contributed by atoms with Gasteiger partial charge in [0.25, 0.3) is 0 Å². The third kappa shape index (κ3) is 3.99. The van der Waals surface area contributed by atoms with E-state index in [-0.39, 0.29) is 24.2 Å². The molecule has 0 aliphatic carbocycles. The predicted molar refractivity (Wildman–Crippen MR) is 99.9 cm³/mol. The summed E-state index contributed by atoms with van der Waals surface area (Å²) in [5, 5.41) is 0. The Hall–Kier alpha value is -2.76. The fourth-order valence-corrected chi connectivity index (χ4v) is 3.61. The second-order valence-electron chi connectivity index (χ2n) is 6.51. The van der Waals surface area contributed by atoms with Crippen LogP contribution in [0.1, 0.15) is 30.0 Å². The maximum Gasteiger partial charge on any atom is 0.227 e. The maximum atomic E-state index is 13.2. The van der Waals surface area contributed by atoms with Crippen molar-refractivity contribution in [2.45, 2.75) is 25.3 Å². The van der Waals surface area contributed by atoms with Gasteiger partial charge in [0.1, 0.15) is 5.82 Å². The SMILES string of the molecule is COc1cc(CC(=O)N2CCCC2c2ccc(F)cc2)cc(OC)c1OC. The summed E-state index contributed by atoms with van der Waals surface area (Å²) in [6.07, 6.45) is 2.05. The largest absolute Gasteiger partial charge is 0.493 e. The van der Waals surface area contributed by atoms with E-state index in [0.29, 0.717) is 23.8 Å². The molecule has 1 heterocycles. The number of hydrogen-bond donors (Lipinski definition) is 0. The van der Waals surface area contributed by atoms with Crippen LogP contribution in [-0.4, -0.2) is 38.7 Å². The molecular weight excluding hydrogens is 349 g/mol. The van der Waals surface area contributed by atoms with Crippen molar-refractivity contribution >= 4 is 5.91 Å². The second-order valence-corrected chi connectivity index (χ2v) is 6.51. The minimum Gasteiger partial charge on any atom is -0.493 e. The Morgan fingerprint density at radius 3 is 2.26 bits per heavy atom. The van der Waals surface area contributed by atoms with E-state index < -0.39 is 0 Å². The molecule has 1 aliphatic rings. The number of rotatable bonds is 6. The highest BCUT2D eigenvalue weighted by atomic mass is 19.1. The quantitative estimate of drug-likeness (QED) is 0.774. The van der Waals surface area contributed by atoms with Gasteiger partial charge in [-0.1, -0.05) is 12.1 Å². The number of carbonyl (C=O) groups excluding carboxylic acids is 1. The molecule has 1 fully saturated rings. The van der Waals surface area contributed by atoms with E-state index in [2.05, 4.69) is 0 Å². The molecule has 1 aliphatic heterocycles. The highest BCUT2D eigenvalue weighted by Gasteiger charge is 2.30. The van der Waals surface area contributed by atoms with Gasteiger partial charge < -0.3 is 19.1 Å². The summed E-state index contributed by atoms with van der Waals surface area (Å²) in [5.74, 6) is 1.30. The lowest BCUT2D eigenvalue weighted by molar-refractivity contribution is -0.131. The zero-order valence-electron chi connectivity index (χ0n) is 15.8. The average molecular weight is 373 g/mol. The van der Waals surface area contributed by atoms with Crippen molar-refractivity contribution in [2.75, 3.05) is 27.9 Å². The Labute approximate surface area is 158 Å². The van der Waals surface area contributed by atoms with Gasteiger partial charge >= 0.3 is 0 Å². The molecule has 0 saturated carbocycles. The van der Waals surface area contributed by atoms with Crippen molar-refractivity contribution in [3.05, 3.63) is 53.3 Å². The van der Waals surface area contributed by atoms with E-state index in [0.717, 1.165) is 24.0 Å². The van der Waals surface area contributed by atoms with Crippen LogP contribution < -0.4 is 14.2 Å². The molecule has 1 amide bonds. The van der Waals surface area contributed by atoms with Crippen LogP contribution in [0.3, 0.4) is 0 Å². The molecule has 1 atom stereocenters. The number of hydrogen-bond acceptors (Lipinski definition) is 4. The minimum absolute atomic E-state index is 0.0138. The molecule has 6 heteroatoms. The van der Waals surface area contributed by atoms with Crippen molar-refractivity contribution in [1.29, 1.82) is 0 Å². The number of nitrogens with zero attached hydrogens (tertiary/aromatic N) is 1. The van der Waals surface area contributed by atoms with Gasteiger partial charge in [-0.2, -0.15) is 0 Å². The van der Waals surface area contributed by atoms with E-state index in [1.54, 1.807) is 45.6 Å². The van der Waals surface area contributed by atoms with Gasteiger partial charge in [-0.15, -0.1) is 0 Å². The number of amides is 1. The molecule has 27 heavy (non-hydrogen) atoms. The highest BCUT2D eigenvalue weighted by Crippen LogP contribution is 2.39. The molecule has 2 aromatic carbocycles. The van der Waals surface area contributed by atoms with Crippen LogP contribution in [0, 0.1) is 5.82 Å². The van der Waals surface area contributed by atoms with Crippen LogP contribution in [0.2, 0.25) is 0 Å². The first-order chi connectivity index (χ1) is 13.1. The zero-order chi connectivity index (χ0) is 19.4. The minimum atomic E-state index is -0.271. The summed E-state index contributed by atoms with van der Waals surface area (Å²) >= 11 is 0. The summed E-state index contributed by atoms with van der Waals surface area (Å²) in [5.41, 5.74) is 1.76. The van der Waals surface area contributed by atoms with Crippen molar-refractivity contribution in [1.82, 2.24) is 4.90 Å². The van der Waals surface area contributed by atoms with Crippen LogP contribution in [0.25, 0.3) is 0 Å². The van der Waals surface area contributed by atoms with E-state index in [4.69, 9.17) is 14.2 Å². The lowest BCUT2D eigenvalue weighted by atomic mass is 10.0. The second kappa shape index (κ2) is 8.29. The Morgan fingerprint density at radius 2 is 1.70 bits per heavy atom. The predicted octanol–water partition coefficient (Wildman–Crippen LogP) is 3.76. The fourth-order valence-electron chi connectivity index (χ4n) is 3.61. The molecule has 2 aromatic rings. The zero-order valence-corrected chi connectivity index (χ0v) is 15.8. The number of benzene rings is 2. The molecule has 0 spiro atoms. The number of carbonyl (C=O) groups is 1. The third-order valence-electron chi connectivity index (χ3n) is 4.91. The summed E-state index contributed by atoms with van der Waals surface area (Å²) in [6, 6.07) is 9.96. The Bertz CT molecular complexity index is 781. The average Bonchev–Trinajstić information content (AvgIpc) is 3.17. The molecule has 1 unspecified atom stereocenters. The maximum absolute atomic E-state index is 13.2. The molecule has 0 aromatic heterocycles. The Kier molecular flexibility index (Phi) is 5.84. The van der Waals surface area contributed by atoms with Gasteiger partial charge in [-0.05, 0) is 48.2 Å². The Balaban J connectivity index is 1.81. The topological polar surface area (TPSA) is 48.0 Å². The molecular formula is C21H24FNO4. The van der Waals surface area contributed by atoms with Crippen LogP contribution in [-0.2, 0) is 11.2 Å². The van der Waals surface area contributed by atoms with E-state index >= 15 is 0 Å². The van der Waals surface area contributed by atoms with E-state index in [9.17, 15) is 9.18 Å². The first kappa shape index (κ1) is 19.0. The van der Waals surface area contributed by atoms with Gasteiger partial charge in [0.05, 0.1) is 33.8 Å². The van der Waals surface area contributed by atoms with Gasteiger partial charge in [0.15, 0.2) is 11.5 Å². The first-order valence-corrected chi connectivity index (χ1v) is 8.91. The van der Waals surface area contributed by atoms with Gasteiger partial charge in [0.2, 0.25) is 11.7 Å². The van der Waals surface area contributed by atoms with Crippen molar-refractivity contribution in [3.8, 4) is 17.2 Å². The van der Waals surface area contributed by atoms with Crippen LogP contribution >= 0.6 is 0 Å². The van der Waals surface area contributed by atoms with Gasteiger partial charge in [-0.25, -0.2) is 4.39 Å². The number of likely N-dealkylation sites (tertiary alicyclic amines) is 1. The molecule has 144 valence electrons. The molecule has 0 N–H and O–H groups in total. The Morgan fingerprint density at radius 1 is 1.07 bits per heavy atom. The van der Waals surface area contributed by atoms with Crippen molar-refractivity contribution in [3.63, 3.8) is 0 Å². The fraction of sp³-hybridized carbons (Fsp3) is 0.381. The number of halogens is 1. The molecule has 3 rings (SSSR count). The monoisotopic (exact) mass is 373 g/mol. The number of ether oxygens (including phenoxy) is 3. The summed E-state index contributed by atoms with van der Waals surface area (Å²) in [7, 11) is 4.64. The van der Waals surface area contributed by atoms with Crippen molar-refractivity contribution < 1.29 is 23.4 Å².